The quantitative estimate of drug-likeness (QED) is 0.791. The Morgan fingerprint density at radius 2 is 2.06 bits per heavy atom. The second-order valence-electron chi connectivity index (χ2n) is 5.05. The first-order valence-corrected chi connectivity index (χ1v) is 6.11. The molecule has 2 aliphatic carbocycles. The van der Waals surface area contributed by atoms with Crippen molar-refractivity contribution in [2.75, 3.05) is 11.9 Å². The van der Waals surface area contributed by atoms with Crippen LogP contribution in [0.1, 0.15) is 25.7 Å². The molecule has 0 atom stereocenters. The van der Waals surface area contributed by atoms with Gasteiger partial charge in [-0.25, -0.2) is 5.10 Å². The maximum atomic E-state index is 11.1. The van der Waals surface area contributed by atoms with Crippen molar-refractivity contribution in [2.45, 2.75) is 25.7 Å². The van der Waals surface area contributed by atoms with Gasteiger partial charge in [0.1, 0.15) is 0 Å². The van der Waals surface area contributed by atoms with E-state index in [1.807, 2.05) is 0 Å². The predicted octanol–water partition coefficient (Wildman–Crippen LogP) is 1.62. The summed E-state index contributed by atoms with van der Waals surface area (Å²) in [5.41, 5.74) is 0.703. The molecule has 0 saturated heterocycles. The molecule has 2 aliphatic rings. The van der Waals surface area contributed by atoms with Crippen molar-refractivity contribution in [3.05, 3.63) is 22.6 Å². The number of hydrogen-bond acceptors (Lipinski definition) is 3. The zero-order chi connectivity index (χ0) is 11.0. The van der Waals surface area contributed by atoms with Gasteiger partial charge in [0.2, 0.25) is 0 Å². The molecule has 3 rings (SSSR count). The number of nitrogens with zero attached hydrogens (tertiary/aromatic N) is 1. The van der Waals surface area contributed by atoms with Crippen LogP contribution in [0.15, 0.2) is 17.1 Å². The van der Waals surface area contributed by atoms with E-state index in [1.54, 1.807) is 12.3 Å². The molecule has 0 spiro atoms. The van der Waals surface area contributed by atoms with E-state index in [-0.39, 0.29) is 5.56 Å². The van der Waals surface area contributed by atoms with Gasteiger partial charge in [-0.3, -0.25) is 4.79 Å². The maximum absolute atomic E-state index is 11.1. The second-order valence-corrected chi connectivity index (χ2v) is 5.05. The minimum atomic E-state index is -0.139. The second kappa shape index (κ2) is 3.92. The third-order valence-corrected chi connectivity index (χ3v) is 3.66. The van der Waals surface area contributed by atoms with Crippen LogP contribution < -0.4 is 10.9 Å². The molecule has 0 amide bonds. The van der Waals surface area contributed by atoms with Gasteiger partial charge in [-0.2, -0.15) is 5.10 Å². The van der Waals surface area contributed by atoms with E-state index in [2.05, 4.69) is 15.5 Å². The molecule has 2 N–H and O–H groups in total. The lowest BCUT2D eigenvalue weighted by Crippen LogP contribution is -2.19. The maximum Gasteiger partial charge on any atom is 0.266 e. The van der Waals surface area contributed by atoms with E-state index >= 15 is 0 Å². The van der Waals surface area contributed by atoms with Gasteiger partial charge < -0.3 is 5.32 Å². The number of anilines is 1. The molecule has 2 fully saturated rings. The van der Waals surface area contributed by atoms with Crippen molar-refractivity contribution in [1.29, 1.82) is 0 Å². The molecular formula is C12H17N3O. The predicted molar refractivity (Wildman–Crippen MR) is 62.3 cm³/mol. The molecule has 0 radical (unpaired) electrons. The van der Waals surface area contributed by atoms with Crippen molar-refractivity contribution in [3.63, 3.8) is 0 Å². The summed E-state index contributed by atoms with van der Waals surface area (Å²) in [5, 5.41) is 9.51. The van der Waals surface area contributed by atoms with Crippen LogP contribution in [0.3, 0.4) is 0 Å². The van der Waals surface area contributed by atoms with Crippen molar-refractivity contribution in [1.82, 2.24) is 10.2 Å². The highest BCUT2D eigenvalue weighted by molar-refractivity contribution is 5.38. The van der Waals surface area contributed by atoms with Gasteiger partial charge in [-0.1, -0.05) is 0 Å². The molecule has 1 heterocycles. The number of aromatic nitrogens is 2. The van der Waals surface area contributed by atoms with Crippen LogP contribution in [-0.4, -0.2) is 16.7 Å². The first-order chi connectivity index (χ1) is 7.83. The molecule has 1 aromatic heterocycles. The summed E-state index contributed by atoms with van der Waals surface area (Å²) in [4.78, 5) is 11.1. The highest BCUT2D eigenvalue weighted by Gasteiger charge is 2.40. The average Bonchev–Trinajstić information content (AvgIpc) is 3.13. The van der Waals surface area contributed by atoms with Crippen LogP contribution in [0.5, 0.6) is 0 Å². The third-order valence-electron chi connectivity index (χ3n) is 3.66. The summed E-state index contributed by atoms with van der Waals surface area (Å²) in [6.07, 6.45) is 7.28. The van der Waals surface area contributed by atoms with Crippen LogP contribution in [0.4, 0.5) is 5.69 Å². The fourth-order valence-electron chi connectivity index (χ4n) is 2.48. The lowest BCUT2D eigenvalue weighted by atomic mass is 9.98. The average molecular weight is 219 g/mol. The van der Waals surface area contributed by atoms with Crippen LogP contribution in [-0.2, 0) is 0 Å². The normalized spacial score (nSPS) is 20.1. The van der Waals surface area contributed by atoms with Gasteiger partial charge in [-0.15, -0.1) is 0 Å². The minimum absolute atomic E-state index is 0.139. The third kappa shape index (κ3) is 2.26. The summed E-state index contributed by atoms with van der Waals surface area (Å²) < 4.78 is 0. The Morgan fingerprint density at radius 3 is 2.62 bits per heavy atom. The SMILES string of the molecule is O=c1cc(NCC(C2CC2)C2CC2)cn[nH]1. The monoisotopic (exact) mass is 219 g/mol. The Morgan fingerprint density at radius 1 is 1.38 bits per heavy atom. The lowest BCUT2D eigenvalue weighted by molar-refractivity contribution is 0.428. The molecular weight excluding hydrogens is 202 g/mol. The molecule has 16 heavy (non-hydrogen) atoms. The van der Waals surface area contributed by atoms with Gasteiger partial charge >= 0.3 is 0 Å². The summed E-state index contributed by atoms with van der Waals surface area (Å²) in [7, 11) is 0. The largest absolute Gasteiger partial charge is 0.383 e. The van der Waals surface area contributed by atoms with Gasteiger partial charge in [-0.05, 0) is 43.4 Å². The van der Waals surface area contributed by atoms with Crippen LogP contribution in [0, 0.1) is 17.8 Å². The van der Waals surface area contributed by atoms with E-state index in [0.717, 1.165) is 30.0 Å². The number of aromatic amines is 1. The Kier molecular flexibility index (Phi) is 2.42. The van der Waals surface area contributed by atoms with Gasteiger partial charge in [0, 0.05) is 12.6 Å². The summed E-state index contributed by atoms with van der Waals surface area (Å²) >= 11 is 0. The lowest BCUT2D eigenvalue weighted by Gasteiger charge is -2.16. The van der Waals surface area contributed by atoms with E-state index in [4.69, 9.17) is 0 Å². The highest BCUT2D eigenvalue weighted by Crippen LogP contribution is 2.49. The van der Waals surface area contributed by atoms with Crippen LogP contribution in [0.2, 0.25) is 0 Å². The molecule has 0 aromatic carbocycles. The van der Waals surface area contributed by atoms with Crippen LogP contribution >= 0.6 is 0 Å². The molecule has 0 aliphatic heterocycles. The van der Waals surface area contributed by atoms with Crippen molar-refractivity contribution >= 4 is 5.69 Å². The minimum Gasteiger partial charge on any atom is -0.383 e. The van der Waals surface area contributed by atoms with Crippen molar-refractivity contribution < 1.29 is 0 Å². The topological polar surface area (TPSA) is 57.8 Å². The number of hydrogen-bond donors (Lipinski definition) is 2. The zero-order valence-corrected chi connectivity index (χ0v) is 9.28. The van der Waals surface area contributed by atoms with E-state index in [0.29, 0.717) is 0 Å². The van der Waals surface area contributed by atoms with Crippen LogP contribution in [0.25, 0.3) is 0 Å². The van der Waals surface area contributed by atoms with Gasteiger partial charge in [0.05, 0.1) is 11.9 Å². The first-order valence-electron chi connectivity index (χ1n) is 6.11. The number of nitrogens with one attached hydrogen (secondary N) is 2. The Labute approximate surface area is 94.5 Å². The molecule has 4 nitrogen and oxygen atoms in total. The molecule has 0 unspecified atom stereocenters. The zero-order valence-electron chi connectivity index (χ0n) is 9.28. The van der Waals surface area contributed by atoms with E-state index in [9.17, 15) is 4.79 Å². The Hall–Kier alpha value is -1.32. The fraction of sp³-hybridized carbons (Fsp3) is 0.667. The summed E-state index contributed by atoms with van der Waals surface area (Å²) in [6.45, 7) is 1.00. The van der Waals surface area contributed by atoms with Gasteiger partial charge in [0.15, 0.2) is 0 Å². The molecule has 1 aromatic rings. The number of H-pyrrole nitrogens is 1. The smallest absolute Gasteiger partial charge is 0.266 e. The Balaban J connectivity index is 1.60. The summed E-state index contributed by atoms with van der Waals surface area (Å²) in [6, 6.07) is 1.57. The molecule has 86 valence electrons. The van der Waals surface area contributed by atoms with Crippen molar-refractivity contribution in [3.8, 4) is 0 Å². The van der Waals surface area contributed by atoms with E-state index < -0.39 is 0 Å². The van der Waals surface area contributed by atoms with Crippen molar-refractivity contribution in [2.24, 2.45) is 17.8 Å². The molecule has 2 saturated carbocycles. The standard InChI is InChI=1S/C12H17N3O/c16-12-5-10(6-14-15-12)13-7-11(8-1-2-8)9-3-4-9/h5-6,8-9,11H,1-4,7H2,(H2,13,15,16). The highest BCUT2D eigenvalue weighted by atomic mass is 16.1. The molecule has 4 heteroatoms. The summed E-state index contributed by atoms with van der Waals surface area (Å²) in [5.74, 6) is 2.70. The Bertz CT molecular complexity index is 408. The molecule has 0 bridgehead atoms. The van der Waals surface area contributed by atoms with E-state index in [1.165, 1.54) is 25.7 Å². The first kappa shape index (κ1) is 9.87. The van der Waals surface area contributed by atoms with Gasteiger partial charge in [0.25, 0.3) is 5.56 Å². The fourth-order valence-corrected chi connectivity index (χ4v) is 2.48. The number of rotatable bonds is 5.